The first-order chi connectivity index (χ1) is 31.5. The normalized spacial score (nSPS) is 13.2. The van der Waals surface area contributed by atoms with E-state index in [1.807, 2.05) is 0 Å². The molecule has 1 atom stereocenters. The summed E-state index contributed by atoms with van der Waals surface area (Å²) in [7, 11) is 0. The van der Waals surface area contributed by atoms with Gasteiger partial charge in [-0.2, -0.15) is 0 Å². The summed E-state index contributed by atoms with van der Waals surface area (Å²) in [4.78, 5) is 37.9. The first-order valence-corrected chi connectivity index (χ1v) is 25.2. The van der Waals surface area contributed by atoms with Gasteiger partial charge in [0.05, 0.1) is 0 Å². The fraction of sp³-hybridized carbons (Fsp3) is 0.569. The highest BCUT2D eigenvalue weighted by Crippen LogP contribution is 2.11. The molecule has 0 aromatic heterocycles. The van der Waals surface area contributed by atoms with Crippen molar-refractivity contribution in [3.8, 4) is 0 Å². The van der Waals surface area contributed by atoms with Crippen molar-refractivity contribution in [2.24, 2.45) is 0 Å². The van der Waals surface area contributed by atoms with Crippen LogP contribution < -0.4 is 0 Å². The minimum absolute atomic E-state index is 0.125. The molecule has 0 radical (unpaired) electrons. The molecule has 0 amide bonds. The van der Waals surface area contributed by atoms with Crippen LogP contribution in [0.5, 0.6) is 0 Å². The molecule has 64 heavy (non-hydrogen) atoms. The van der Waals surface area contributed by atoms with E-state index in [-0.39, 0.29) is 44.0 Å². The number of carbonyl (C=O) groups excluding carboxylic acids is 3. The van der Waals surface area contributed by atoms with Crippen LogP contribution in [0, 0.1) is 0 Å². The van der Waals surface area contributed by atoms with Gasteiger partial charge < -0.3 is 14.2 Å². The Labute approximate surface area is 392 Å². The van der Waals surface area contributed by atoms with Crippen LogP contribution in [0.4, 0.5) is 0 Å². The van der Waals surface area contributed by atoms with Gasteiger partial charge in [0.25, 0.3) is 0 Å². The topological polar surface area (TPSA) is 78.9 Å². The molecule has 1 unspecified atom stereocenters. The van der Waals surface area contributed by atoms with Crippen LogP contribution in [-0.4, -0.2) is 37.2 Å². The first-order valence-electron chi connectivity index (χ1n) is 25.2. The third-order valence-corrected chi connectivity index (χ3v) is 9.87. The summed E-state index contributed by atoms with van der Waals surface area (Å²) in [6, 6.07) is 0. The zero-order valence-corrected chi connectivity index (χ0v) is 40.7. The molecule has 0 aromatic carbocycles. The standard InChI is InChI=1S/C58H90O6/c1-4-7-10-13-16-19-22-25-28-29-31-33-36-39-42-45-48-51-57(60)63-54-55(53-62-56(59)50-47-44-41-38-35-32-27-24-21-18-15-12-9-6-3)64-58(61)52-49-46-43-40-37-34-30-26-23-20-17-14-11-8-5-2/h7-8,10-11,15-20,24-28,30-31,33,37,39-40,42,55H,4-6,9,12-14,21-23,29,32,34-36,38,41,43-54H2,1-3H3/b10-7-,11-8-,18-15-,19-16-,20-17-,27-24-,28-25-,30-26-,33-31-,40-37-,42-39-. The summed E-state index contributed by atoms with van der Waals surface area (Å²) < 4.78 is 16.7. The largest absolute Gasteiger partial charge is 0.462 e. The number of rotatable bonds is 43. The minimum atomic E-state index is -0.833. The van der Waals surface area contributed by atoms with Gasteiger partial charge in [0.1, 0.15) is 13.2 Å². The molecule has 0 N–H and O–H groups in total. The predicted molar refractivity (Wildman–Crippen MR) is 274 cm³/mol. The van der Waals surface area contributed by atoms with E-state index in [1.54, 1.807) is 0 Å². The van der Waals surface area contributed by atoms with Gasteiger partial charge >= 0.3 is 17.9 Å². The van der Waals surface area contributed by atoms with Crippen molar-refractivity contribution < 1.29 is 28.6 Å². The Hall–Kier alpha value is -4.45. The molecule has 6 heteroatoms. The number of carbonyl (C=O) groups is 3. The Bertz CT molecular complexity index is 1430. The fourth-order valence-corrected chi connectivity index (χ4v) is 6.13. The van der Waals surface area contributed by atoms with Crippen molar-refractivity contribution in [3.63, 3.8) is 0 Å². The van der Waals surface area contributed by atoms with E-state index in [1.165, 1.54) is 19.3 Å². The maximum absolute atomic E-state index is 12.8. The average molecular weight is 883 g/mol. The van der Waals surface area contributed by atoms with Crippen LogP contribution in [0.2, 0.25) is 0 Å². The van der Waals surface area contributed by atoms with E-state index in [2.05, 4.69) is 154 Å². The maximum atomic E-state index is 12.8. The van der Waals surface area contributed by atoms with Crippen molar-refractivity contribution in [3.05, 3.63) is 134 Å². The van der Waals surface area contributed by atoms with E-state index >= 15 is 0 Å². The van der Waals surface area contributed by atoms with Gasteiger partial charge in [0.15, 0.2) is 6.10 Å². The van der Waals surface area contributed by atoms with Gasteiger partial charge in [-0.05, 0) is 122 Å². The van der Waals surface area contributed by atoms with E-state index in [9.17, 15) is 14.4 Å². The molecule has 0 aromatic rings. The Morgan fingerprint density at radius 2 is 0.625 bits per heavy atom. The molecule has 0 saturated heterocycles. The van der Waals surface area contributed by atoms with Crippen LogP contribution in [0.1, 0.15) is 194 Å². The molecule has 0 spiro atoms. The van der Waals surface area contributed by atoms with Gasteiger partial charge in [0.2, 0.25) is 0 Å². The lowest BCUT2D eigenvalue weighted by Gasteiger charge is -2.18. The lowest BCUT2D eigenvalue weighted by atomic mass is 10.1. The first kappa shape index (κ1) is 59.5. The van der Waals surface area contributed by atoms with Crippen LogP contribution >= 0.6 is 0 Å². The second-order valence-electron chi connectivity index (χ2n) is 16.0. The molecular formula is C58H90O6. The number of unbranched alkanes of at least 4 members (excludes halogenated alkanes) is 10. The lowest BCUT2D eigenvalue weighted by Crippen LogP contribution is -2.30. The van der Waals surface area contributed by atoms with Crippen molar-refractivity contribution in [2.75, 3.05) is 13.2 Å². The number of allylic oxidation sites excluding steroid dienone is 22. The van der Waals surface area contributed by atoms with Crippen LogP contribution in [0.25, 0.3) is 0 Å². The van der Waals surface area contributed by atoms with Crippen LogP contribution in [0.3, 0.4) is 0 Å². The molecule has 0 bridgehead atoms. The van der Waals surface area contributed by atoms with E-state index in [4.69, 9.17) is 14.2 Å². The summed E-state index contributed by atoms with van der Waals surface area (Å²) in [6.45, 7) is 6.24. The number of ether oxygens (including phenoxy) is 3. The second kappa shape index (κ2) is 51.2. The number of hydrogen-bond donors (Lipinski definition) is 0. The molecule has 0 fully saturated rings. The third kappa shape index (κ3) is 48.6. The highest BCUT2D eigenvalue weighted by molar-refractivity contribution is 5.71. The molecule has 0 aliphatic heterocycles. The van der Waals surface area contributed by atoms with Gasteiger partial charge in [-0.25, -0.2) is 0 Å². The fourth-order valence-electron chi connectivity index (χ4n) is 6.13. The van der Waals surface area contributed by atoms with Crippen LogP contribution in [0.15, 0.2) is 134 Å². The SMILES string of the molecule is CC/C=C\C/C=C\C/C=C\C/C=C\C/C=C\CCCC(=O)OCC(COC(=O)CCCCCCC/C=C\C/C=C\CCCC)OC(=O)CCCC/C=C\C/C=C\C/C=C\C/C=C\CC. The van der Waals surface area contributed by atoms with Crippen molar-refractivity contribution in [2.45, 2.75) is 200 Å². The zero-order chi connectivity index (χ0) is 46.5. The number of esters is 3. The van der Waals surface area contributed by atoms with Crippen molar-refractivity contribution in [1.82, 2.24) is 0 Å². The van der Waals surface area contributed by atoms with Crippen LogP contribution in [-0.2, 0) is 28.6 Å². The Balaban J connectivity index is 4.60. The molecule has 358 valence electrons. The summed E-state index contributed by atoms with van der Waals surface area (Å²) in [5.41, 5.74) is 0. The number of hydrogen-bond acceptors (Lipinski definition) is 6. The molecule has 0 saturated carbocycles. The quantitative estimate of drug-likeness (QED) is 0.0263. The van der Waals surface area contributed by atoms with E-state index in [0.29, 0.717) is 19.3 Å². The summed E-state index contributed by atoms with van der Waals surface area (Å²) in [5, 5.41) is 0. The summed E-state index contributed by atoms with van der Waals surface area (Å²) in [6.07, 6.45) is 71.5. The smallest absolute Gasteiger partial charge is 0.306 e. The lowest BCUT2D eigenvalue weighted by molar-refractivity contribution is -0.167. The van der Waals surface area contributed by atoms with Gasteiger partial charge in [-0.15, -0.1) is 0 Å². The second-order valence-corrected chi connectivity index (χ2v) is 16.0. The van der Waals surface area contributed by atoms with E-state index < -0.39 is 6.10 Å². The molecule has 6 nitrogen and oxygen atoms in total. The minimum Gasteiger partial charge on any atom is -0.462 e. The van der Waals surface area contributed by atoms with Gasteiger partial charge in [-0.3, -0.25) is 14.4 Å². The molecule has 0 aliphatic rings. The predicted octanol–water partition coefficient (Wildman–Crippen LogP) is 16.7. The van der Waals surface area contributed by atoms with E-state index in [0.717, 1.165) is 122 Å². The molecule has 0 heterocycles. The molecular weight excluding hydrogens is 793 g/mol. The van der Waals surface area contributed by atoms with Gasteiger partial charge in [-0.1, -0.05) is 187 Å². The molecule has 0 rings (SSSR count). The Morgan fingerprint density at radius 1 is 0.328 bits per heavy atom. The summed E-state index contributed by atoms with van der Waals surface area (Å²) >= 11 is 0. The van der Waals surface area contributed by atoms with Crippen molar-refractivity contribution in [1.29, 1.82) is 0 Å². The molecule has 0 aliphatic carbocycles. The highest BCUT2D eigenvalue weighted by atomic mass is 16.6. The summed E-state index contributed by atoms with van der Waals surface area (Å²) in [5.74, 6) is -1.05. The average Bonchev–Trinajstić information content (AvgIpc) is 3.29. The monoisotopic (exact) mass is 883 g/mol. The van der Waals surface area contributed by atoms with Gasteiger partial charge in [0, 0.05) is 19.3 Å². The third-order valence-electron chi connectivity index (χ3n) is 9.87. The zero-order valence-electron chi connectivity index (χ0n) is 40.7. The highest BCUT2D eigenvalue weighted by Gasteiger charge is 2.19. The Morgan fingerprint density at radius 3 is 1.05 bits per heavy atom. The maximum Gasteiger partial charge on any atom is 0.306 e. The Kier molecular flexibility index (Phi) is 47.6. The van der Waals surface area contributed by atoms with Crippen molar-refractivity contribution >= 4 is 17.9 Å².